The highest BCUT2D eigenvalue weighted by Crippen LogP contribution is 2.26. The van der Waals surface area contributed by atoms with Crippen LogP contribution in [-0.4, -0.2) is 64.2 Å². The van der Waals surface area contributed by atoms with Crippen molar-refractivity contribution in [1.82, 2.24) is 14.7 Å². The summed E-state index contributed by atoms with van der Waals surface area (Å²) in [7, 11) is 0. The average molecular weight is 513 g/mol. The van der Waals surface area contributed by atoms with Gasteiger partial charge in [-0.3, -0.25) is 14.3 Å². The van der Waals surface area contributed by atoms with Gasteiger partial charge >= 0.3 is 0 Å². The molecule has 0 aliphatic carbocycles. The summed E-state index contributed by atoms with van der Waals surface area (Å²) in [4.78, 5) is 27.8. The predicted molar refractivity (Wildman–Crippen MR) is 137 cm³/mol. The molecule has 10 nitrogen and oxygen atoms in total. The van der Waals surface area contributed by atoms with E-state index in [4.69, 9.17) is 18.9 Å². The Hall–Kier alpha value is -3.37. The van der Waals surface area contributed by atoms with Gasteiger partial charge in [-0.15, -0.1) is 0 Å². The Labute approximate surface area is 217 Å². The van der Waals surface area contributed by atoms with Crippen molar-refractivity contribution >= 4 is 17.6 Å². The first-order chi connectivity index (χ1) is 17.6. The molecule has 0 radical (unpaired) electrons. The van der Waals surface area contributed by atoms with Crippen LogP contribution in [0.5, 0.6) is 11.5 Å². The summed E-state index contributed by atoms with van der Waals surface area (Å²) in [5, 5.41) is 7.33. The first-order valence-electron chi connectivity index (χ1n) is 12.7. The van der Waals surface area contributed by atoms with Crippen LogP contribution in [0.3, 0.4) is 0 Å². The lowest BCUT2D eigenvalue weighted by Crippen LogP contribution is -2.46. The molecule has 1 aromatic heterocycles. The number of nitrogens with one attached hydrogen (secondary N) is 1. The molecule has 4 rings (SSSR count). The number of nitrogens with zero attached hydrogens (tertiary/aromatic N) is 3. The number of anilines is 1. The zero-order valence-electron chi connectivity index (χ0n) is 22.1. The molecule has 3 heterocycles. The zero-order valence-corrected chi connectivity index (χ0v) is 22.1. The van der Waals surface area contributed by atoms with Gasteiger partial charge in [0.2, 0.25) is 5.91 Å². The van der Waals surface area contributed by atoms with E-state index in [0.29, 0.717) is 49.3 Å². The molecule has 2 aliphatic heterocycles. The average Bonchev–Trinajstić information content (AvgIpc) is 3.51. The third-order valence-electron chi connectivity index (χ3n) is 5.98. The normalized spacial score (nSPS) is 19.7. The monoisotopic (exact) mass is 512 g/mol. The molecular formula is C27H36N4O6. The van der Waals surface area contributed by atoms with Crippen molar-refractivity contribution in [3.05, 3.63) is 48.4 Å². The Morgan fingerprint density at radius 1 is 1.27 bits per heavy atom. The molecule has 0 bridgehead atoms. The molecule has 2 atom stereocenters. The molecule has 37 heavy (non-hydrogen) atoms. The second-order valence-electron chi connectivity index (χ2n) is 10.1. The summed E-state index contributed by atoms with van der Waals surface area (Å²) in [5.74, 6) is 1.19. The van der Waals surface area contributed by atoms with Gasteiger partial charge in [0, 0.05) is 24.4 Å². The van der Waals surface area contributed by atoms with E-state index in [2.05, 4.69) is 10.4 Å². The van der Waals surface area contributed by atoms with Crippen molar-refractivity contribution in [2.24, 2.45) is 5.92 Å². The van der Waals surface area contributed by atoms with Crippen LogP contribution in [0.1, 0.15) is 41.0 Å². The van der Waals surface area contributed by atoms with Crippen molar-refractivity contribution in [3.8, 4) is 11.5 Å². The molecule has 0 spiro atoms. The van der Waals surface area contributed by atoms with E-state index in [-0.39, 0.29) is 30.4 Å². The standard InChI is InChI=1S/C27H36N4O6/c1-6-34-19-8-7-9-20(13-19)36-21-14-25(32)31(16-21)23(12-18(2)3)26(33)28-24-10-11-30(29-24)15-22-17-35-27(4,5)37-22/h7-11,13-14,18,22-23H,6,12,15-17H2,1-5H3,(H,28,29,33)/t22-,23+/m1/s1. The summed E-state index contributed by atoms with van der Waals surface area (Å²) in [5.41, 5.74) is 0. The summed E-state index contributed by atoms with van der Waals surface area (Å²) in [6, 6.07) is 8.31. The lowest BCUT2D eigenvalue weighted by atomic mass is 10.0. The maximum Gasteiger partial charge on any atom is 0.251 e. The van der Waals surface area contributed by atoms with Gasteiger partial charge in [-0.25, -0.2) is 0 Å². The van der Waals surface area contributed by atoms with Crippen LogP contribution in [0.25, 0.3) is 0 Å². The second kappa shape index (κ2) is 11.4. The van der Waals surface area contributed by atoms with E-state index in [9.17, 15) is 9.59 Å². The Morgan fingerprint density at radius 3 is 2.76 bits per heavy atom. The van der Waals surface area contributed by atoms with Gasteiger partial charge in [-0.1, -0.05) is 19.9 Å². The second-order valence-corrected chi connectivity index (χ2v) is 10.1. The highest BCUT2D eigenvalue weighted by molar-refractivity contribution is 5.99. The number of amides is 2. The molecule has 1 N–H and O–H groups in total. The fraction of sp³-hybridized carbons (Fsp3) is 0.519. The Morgan fingerprint density at radius 2 is 2.05 bits per heavy atom. The van der Waals surface area contributed by atoms with Crippen molar-refractivity contribution in [3.63, 3.8) is 0 Å². The molecule has 0 saturated carbocycles. The van der Waals surface area contributed by atoms with Crippen molar-refractivity contribution in [1.29, 1.82) is 0 Å². The maximum absolute atomic E-state index is 13.3. The lowest BCUT2D eigenvalue weighted by Gasteiger charge is -2.28. The minimum absolute atomic E-state index is 0.118. The van der Waals surface area contributed by atoms with Gasteiger partial charge in [0.25, 0.3) is 5.91 Å². The van der Waals surface area contributed by atoms with Gasteiger partial charge < -0.3 is 29.2 Å². The highest BCUT2D eigenvalue weighted by atomic mass is 16.7. The van der Waals surface area contributed by atoms with Gasteiger partial charge in [0.1, 0.15) is 29.4 Å². The number of aromatic nitrogens is 2. The van der Waals surface area contributed by atoms with Gasteiger partial charge in [-0.05, 0) is 45.2 Å². The van der Waals surface area contributed by atoms with Crippen LogP contribution in [0.4, 0.5) is 5.82 Å². The third-order valence-corrected chi connectivity index (χ3v) is 5.98. The van der Waals surface area contributed by atoms with Gasteiger partial charge in [0.15, 0.2) is 11.6 Å². The van der Waals surface area contributed by atoms with Crippen LogP contribution in [-0.2, 0) is 25.6 Å². The molecule has 2 aliphatic rings. The first kappa shape index (κ1) is 26.7. The van der Waals surface area contributed by atoms with Crippen LogP contribution in [0, 0.1) is 5.92 Å². The predicted octanol–water partition coefficient (Wildman–Crippen LogP) is 3.59. The van der Waals surface area contributed by atoms with Gasteiger partial charge in [0.05, 0.1) is 26.3 Å². The fourth-order valence-corrected chi connectivity index (χ4v) is 4.41. The molecule has 1 fully saturated rings. The number of carbonyl (C=O) groups excluding carboxylic acids is 2. The van der Waals surface area contributed by atoms with E-state index in [1.807, 2.05) is 46.8 Å². The SMILES string of the molecule is CCOc1cccc(OC2=CC(=O)N([C@@H](CC(C)C)C(=O)Nc3ccn(C[C@@H]4COC(C)(C)O4)n3)C2)c1. The molecule has 0 unspecified atom stereocenters. The zero-order chi connectivity index (χ0) is 26.6. The Kier molecular flexibility index (Phi) is 8.19. The molecule has 2 aromatic rings. The van der Waals surface area contributed by atoms with Crippen molar-refractivity contribution < 1.29 is 28.5 Å². The number of hydrogen-bond donors (Lipinski definition) is 1. The number of benzene rings is 1. The summed E-state index contributed by atoms with van der Waals surface area (Å²) in [6.07, 6.45) is 3.61. The number of carbonyl (C=O) groups is 2. The highest BCUT2D eigenvalue weighted by Gasteiger charge is 2.35. The minimum atomic E-state index is -0.669. The van der Waals surface area contributed by atoms with Crippen LogP contribution in [0.15, 0.2) is 48.4 Å². The molecule has 1 aromatic carbocycles. The number of hydrogen-bond acceptors (Lipinski definition) is 7. The first-order valence-corrected chi connectivity index (χ1v) is 12.7. The molecule has 1 saturated heterocycles. The quantitative estimate of drug-likeness (QED) is 0.491. The largest absolute Gasteiger partial charge is 0.494 e. The summed E-state index contributed by atoms with van der Waals surface area (Å²) >= 11 is 0. The molecular weight excluding hydrogens is 476 g/mol. The summed E-state index contributed by atoms with van der Waals surface area (Å²) in [6.45, 7) is 11.4. The van der Waals surface area contributed by atoms with Crippen LogP contribution >= 0.6 is 0 Å². The lowest BCUT2D eigenvalue weighted by molar-refractivity contribution is -0.139. The number of rotatable bonds is 11. The van der Waals surface area contributed by atoms with Crippen molar-refractivity contribution in [2.45, 2.75) is 65.5 Å². The van der Waals surface area contributed by atoms with Crippen molar-refractivity contribution in [2.75, 3.05) is 25.1 Å². The fourth-order valence-electron chi connectivity index (χ4n) is 4.41. The van der Waals surface area contributed by atoms with E-state index in [1.165, 1.54) is 6.08 Å². The molecule has 10 heteroatoms. The van der Waals surface area contributed by atoms with Crippen LogP contribution < -0.4 is 14.8 Å². The Bertz CT molecular complexity index is 1140. The van der Waals surface area contributed by atoms with E-state index in [0.717, 1.165) is 0 Å². The smallest absolute Gasteiger partial charge is 0.251 e. The number of ether oxygens (including phenoxy) is 4. The Balaban J connectivity index is 1.38. The topological polar surface area (TPSA) is 104 Å². The van der Waals surface area contributed by atoms with E-state index >= 15 is 0 Å². The maximum atomic E-state index is 13.3. The summed E-state index contributed by atoms with van der Waals surface area (Å²) < 4.78 is 24.6. The van der Waals surface area contributed by atoms with E-state index in [1.54, 1.807) is 34.0 Å². The van der Waals surface area contributed by atoms with Gasteiger partial charge in [-0.2, -0.15) is 5.10 Å². The minimum Gasteiger partial charge on any atom is -0.494 e. The van der Waals surface area contributed by atoms with E-state index < -0.39 is 11.8 Å². The molecule has 200 valence electrons. The molecule has 2 amide bonds. The third kappa shape index (κ3) is 7.11. The van der Waals surface area contributed by atoms with Crippen LogP contribution in [0.2, 0.25) is 0 Å².